The molecule has 12 heavy (non-hydrogen) atoms. The van der Waals surface area contributed by atoms with E-state index in [0.717, 1.165) is 6.42 Å². The lowest BCUT2D eigenvalue weighted by Gasteiger charge is -2.19. The summed E-state index contributed by atoms with van der Waals surface area (Å²) < 4.78 is 0. The summed E-state index contributed by atoms with van der Waals surface area (Å²) in [7, 11) is 1.54. The molecule has 0 saturated carbocycles. The van der Waals surface area contributed by atoms with Gasteiger partial charge in [0, 0.05) is 12.5 Å². The third kappa shape index (κ3) is 3.03. The summed E-state index contributed by atoms with van der Waals surface area (Å²) in [5.41, 5.74) is -0.369. The molecule has 0 aliphatic carbocycles. The van der Waals surface area contributed by atoms with Gasteiger partial charge in [-0.05, 0) is 6.42 Å². The van der Waals surface area contributed by atoms with Crippen LogP contribution in [-0.4, -0.2) is 18.7 Å². The van der Waals surface area contributed by atoms with Crippen molar-refractivity contribution in [3.63, 3.8) is 0 Å². The largest absolute Gasteiger partial charge is 0.359 e. The monoisotopic (exact) mass is 171 g/mol. The minimum absolute atomic E-state index is 0.00264. The lowest BCUT2D eigenvalue weighted by atomic mass is 9.84. The molecule has 0 rings (SSSR count). The van der Waals surface area contributed by atoms with E-state index in [-0.39, 0.29) is 23.5 Å². The molecule has 1 N–H and O–H groups in total. The van der Waals surface area contributed by atoms with Crippen LogP contribution in [0.2, 0.25) is 0 Å². The maximum Gasteiger partial charge on any atom is 0.227 e. The molecule has 0 unspecified atom stereocenters. The molecule has 3 heteroatoms. The Morgan fingerprint density at radius 1 is 1.33 bits per heavy atom. The molecule has 70 valence electrons. The standard InChI is InChI=1S/C9H17NO2/c1-5-9(2,3)7(11)6-8(12)10-4/h5-6H2,1-4H3,(H,10,12). The Bertz CT molecular complexity index is 185. The number of hydrogen-bond acceptors (Lipinski definition) is 2. The SMILES string of the molecule is CCC(C)(C)C(=O)CC(=O)NC. The van der Waals surface area contributed by atoms with Crippen LogP contribution in [0.1, 0.15) is 33.6 Å². The first-order valence-electron chi connectivity index (χ1n) is 4.18. The molecule has 0 spiro atoms. The molecule has 0 fully saturated rings. The van der Waals surface area contributed by atoms with Gasteiger partial charge in [-0.15, -0.1) is 0 Å². The molecular formula is C9H17NO2. The van der Waals surface area contributed by atoms with Crippen LogP contribution in [0.25, 0.3) is 0 Å². The van der Waals surface area contributed by atoms with E-state index in [1.165, 1.54) is 7.05 Å². The zero-order valence-corrected chi connectivity index (χ0v) is 8.23. The van der Waals surface area contributed by atoms with E-state index in [1.807, 2.05) is 20.8 Å². The fourth-order valence-electron chi connectivity index (χ4n) is 0.671. The first-order chi connectivity index (χ1) is 5.44. The van der Waals surface area contributed by atoms with Gasteiger partial charge in [-0.3, -0.25) is 9.59 Å². The summed E-state index contributed by atoms with van der Waals surface area (Å²) in [6.45, 7) is 5.66. The van der Waals surface area contributed by atoms with E-state index in [0.29, 0.717) is 0 Å². The average molecular weight is 171 g/mol. The van der Waals surface area contributed by atoms with Gasteiger partial charge in [-0.2, -0.15) is 0 Å². The van der Waals surface area contributed by atoms with Crippen LogP contribution < -0.4 is 5.32 Å². The Hall–Kier alpha value is -0.860. The number of hydrogen-bond donors (Lipinski definition) is 1. The molecular weight excluding hydrogens is 154 g/mol. The van der Waals surface area contributed by atoms with Gasteiger partial charge in [-0.25, -0.2) is 0 Å². The van der Waals surface area contributed by atoms with Crippen LogP contribution >= 0.6 is 0 Å². The smallest absolute Gasteiger partial charge is 0.227 e. The minimum Gasteiger partial charge on any atom is -0.359 e. The quantitative estimate of drug-likeness (QED) is 0.644. The van der Waals surface area contributed by atoms with Crippen molar-refractivity contribution in [2.45, 2.75) is 33.6 Å². The molecule has 0 atom stereocenters. The second-order valence-electron chi connectivity index (χ2n) is 3.51. The van der Waals surface area contributed by atoms with E-state index in [4.69, 9.17) is 0 Å². The van der Waals surface area contributed by atoms with Gasteiger partial charge in [0.25, 0.3) is 0 Å². The molecule has 0 bridgehead atoms. The molecule has 3 nitrogen and oxygen atoms in total. The van der Waals surface area contributed by atoms with Crippen LogP contribution in [-0.2, 0) is 9.59 Å². The first kappa shape index (κ1) is 11.1. The Labute approximate surface area is 73.5 Å². The molecule has 0 aromatic heterocycles. The van der Waals surface area contributed by atoms with Crippen LogP contribution in [0, 0.1) is 5.41 Å². The van der Waals surface area contributed by atoms with Gasteiger partial charge < -0.3 is 5.32 Å². The fourth-order valence-corrected chi connectivity index (χ4v) is 0.671. The zero-order chi connectivity index (χ0) is 9.78. The maximum atomic E-state index is 11.4. The number of Topliss-reactive ketones (excluding diaryl/α,β-unsaturated/α-hetero) is 1. The Morgan fingerprint density at radius 2 is 1.83 bits per heavy atom. The van der Waals surface area contributed by atoms with E-state index in [1.54, 1.807) is 0 Å². The van der Waals surface area contributed by atoms with E-state index in [2.05, 4.69) is 5.32 Å². The third-order valence-corrected chi connectivity index (χ3v) is 2.24. The molecule has 0 aliphatic heterocycles. The third-order valence-electron chi connectivity index (χ3n) is 2.24. The van der Waals surface area contributed by atoms with Gasteiger partial charge in [0.15, 0.2) is 0 Å². The van der Waals surface area contributed by atoms with Crippen molar-refractivity contribution >= 4 is 11.7 Å². The second-order valence-corrected chi connectivity index (χ2v) is 3.51. The van der Waals surface area contributed by atoms with Crippen LogP contribution in [0.5, 0.6) is 0 Å². The Morgan fingerprint density at radius 3 is 2.17 bits per heavy atom. The van der Waals surface area contributed by atoms with Crippen molar-refractivity contribution in [1.29, 1.82) is 0 Å². The summed E-state index contributed by atoms with van der Waals surface area (Å²) >= 11 is 0. The van der Waals surface area contributed by atoms with Crippen molar-refractivity contribution in [2.24, 2.45) is 5.41 Å². The summed E-state index contributed by atoms with van der Waals surface area (Å²) in [6.07, 6.45) is 0.764. The van der Waals surface area contributed by atoms with Crippen LogP contribution in [0.4, 0.5) is 0 Å². The topological polar surface area (TPSA) is 46.2 Å². The molecule has 0 heterocycles. The number of carbonyl (C=O) groups is 2. The Kier molecular flexibility index (Phi) is 3.93. The molecule has 0 aromatic rings. The van der Waals surface area contributed by atoms with E-state index >= 15 is 0 Å². The van der Waals surface area contributed by atoms with Crippen molar-refractivity contribution in [2.75, 3.05) is 7.05 Å². The normalized spacial score (nSPS) is 11.0. The highest BCUT2D eigenvalue weighted by Gasteiger charge is 2.26. The highest BCUT2D eigenvalue weighted by Crippen LogP contribution is 2.22. The number of nitrogens with one attached hydrogen (secondary N) is 1. The number of rotatable bonds is 4. The van der Waals surface area contributed by atoms with E-state index < -0.39 is 0 Å². The highest BCUT2D eigenvalue weighted by atomic mass is 16.2. The summed E-state index contributed by atoms with van der Waals surface area (Å²) in [5.74, 6) is -0.203. The predicted octanol–water partition coefficient (Wildman–Crippen LogP) is 1.13. The number of ketones is 1. The van der Waals surface area contributed by atoms with Gasteiger partial charge in [0.2, 0.25) is 5.91 Å². The lowest BCUT2D eigenvalue weighted by molar-refractivity contribution is -0.133. The van der Waals surface area contributed by atoms with Gasteiger partial charge in [-0.1, -0.05) is 20.8 Å². The second kappa shape index (κ2) is 4.24. The first-order valence-corrected chi connectivity index (χ1v) is 4.18. The Balaban J connectivity index is 4.13. The van der Waals surface area contributed by atoms with Crippen LogP contribution in [0.3, 0.4) is 0 Å². The summed E-state index contributed by atoms with van der Waals surface area (Å²) in [4.78, 5) is 22.3. The summed E-state index contributed by atoms with van der Waals surface area (Å²) in [6, 6.07) is 0. The zero-order valence-electron chi connectivity index (χ0n) is 8.23. The highest BCUT2D eigenvalue weighted by molar-refractivity contribution is 6.00. The minimum atomic E-state index is -0.369. The molecule has 0 saturated heterocycles. The number of carbonyl (C=O) groups excluding carboxylic acids is 2. The molecule has 0 aromatic carbocycles. The van der Waals surface area contributed by atoms with Gasteiger partial charge >= 0.3 is 0 Å². The number of amides is 1. The molecule has 0 aliphatic rings. The average Bonchev–Trinajstić information content (AvgIpc) is 2.04. The van der Waals surface area contributed by atoms with Crippen LogP contribution in [0.15, 0.2) is 0 Å². The van der Waals surface area contributed by atoms with Crippen molar-refractivity contribution in [3.8, 4) is 0 Å². The van der Waals surface area contributed by atoms with Crippen molar-refractivity contribution in [1.82, 2.24) is 5.32 Å². The molecule has 1 amide bonds. The predicted molar refractivity (Wildman–Crippen MR) is 47.8 cm³/mol. The van der Waals surface area contributed by atoms with Crippen molar-refractivity contribution < 1.29 is 9.59 Å². The summed E-state index contributed by atoms with van der Waals surface area (Å²) in [5, 5.41) is 2.43. The van der Waals surface area contributed by atoms with Gasteiger partial charge in [0.05, 0.1) is 6.42 Å². The lowest BCUT2D eigenvalue weighted by Crippen LogP contribution is -2.29. The van der Waals surface area contributed by atoms with E-state index in [9.17, 15) is 9.59 Å². The van der Waals surface area contributed by atoms with Gasteiger partial charge in [0.1, 0.15) is 5.78 Å². The maximum absolute atomic E-state index is 11.4. The van der Waals surface area contributed by atoms with Crippen molar-refractivity contribution in [3.05, 3.63) is 0 Å². The fraction of sp³-hybridized carbons (Fsp3) is 0.778. The molecule has 0 radical (unpaired) electrons.